The molecule has 1 aromatic rings. The smallest absolute Gasteiger partial charge is 0.248 e. The number of hydrogen-bond acceptors (Lipinski definition) is 4. The summed E-state index contributed by atoms with van der Waals surface area (Å²) in [7, 11) is -3.71. The molecule has 1 unspecified atom stereocenters. The van der Waals surface area contributed by atoms with Gasteiger partial charge in [0.2, 0.25) is 15.5 Å². The van der Waals surface area contributed by atoms with Crippen molar-refractivity contribution in [1.82, 2.24) is 9.29 Å². The van der Waals surface area contributed by atoms with E-state index in [1.165, 1.54) is 22.8 Å². The van der Waals surface area contributed by atoms with Crippen LogP contribution in [0.25, 0.3) is 0 Å². The number of H-pyrrole nitrogens is 1. The summed E-state index contributed by atoms with van der Waals surface area (Å²) in [5.74, 6) is 0.174. The zero-order valence-electron chi connectivity index (χ0n) is 9.87. The Balaban J connectivity index is 2.24. The number of nitrogens with zero attached hydrogens (tertiary/aromatic N) is 1. The van der Waals surface area contributed by atoms with Gasteiger partial charge in [-0.1, -0.05) is 0 Å². The van der Waals surface area contributed by atoms with E-state index < -0.39 is 15.5 Å². The van der Waals surface area contributed by atoms with Crippen LogP contribution in [0.15, 0.2) is 28.2 Å². The quantitative estimate of drug-likeness (QED) is 0.792. The Morgan fingerprint density at radius 2 is 2.28 bits per heavy atom. The van der Waals surface area contributed by atoms with Crippen molar-refractivity contribution >= 4 is 10.0 Å². The zero-order valence-corrected chi connectivity index (χ0v) is 10.7. The third kappa shape index (κ3) is 2.47. The fraction of sp³-hybridized carbons (Fsp3) is 0.545. The molecular weight excluding hydrogens is 256 g/mol. The minimum Gasteiger partial charge on any atom is -0.396 e. The Morgan fingerprint density at radius 3 is 2.94 bits per heavy atom. The van der Waals surface area contributed by atoms with Crippen molar-refractivity contribution in [2.24, 2.45) is 5.92 Å². The highest BCUT2D eigenvalue weighted by atomic mass is 32.2. The summed E-state index contributed by atoms with van der Waals surface area (Å²) in [6.07, 6.45) is 3.94. The van der Waals surface area contributed by atoms with Gasteiger partial charge >= 0.3 is 0 Å². The van der Waals surface area contributed by atoms with E-state index >= 15 is 0 Å². The van der Waals surface area contributed by atoms with Gasteiger partial charge in [0.05, 0.1) is 0 Å². The van der Waals surface area contributed by atoms with Gasteiger partial charge in [-0.05, 0) is 18.8 Å². The molecule has 0 radical (unpaired) electrons. The zero-order chi connectivity index (χ0) is 13.2. The van der Waals surface area contributed by atoms with Gasteiger partial charge in [0, 0.05) is 38.2 Å². The Hall–Kier alpha value is -1.18. The first-order valence-electron chi connectivity index (χ1n) is 5.84. The number of sulfonamides is 1. The van der Waals surface area contributed by atoms with Gasteiger partial charge in [0.15, 0.2) is 0 Å². The normalized spacial score (nSPS) is 21.3. The molecule has 2 N–H and O–H groups in total. The lowest BCUT2D eigenvalue weighted by Crippen LogP contribution is -2.32. The molecule has 1 aliphatic heterocycles. The van der Waals surface area contributed by atoms with Crippen molar-refractivity contribution in [1.29, 1.82) is 0 Å². The molecule has 0 amide bonds. The molecule has 0 bridgehead atoms. The van der Waals surface area contributed by atoms with E-state index in [0.717, 1.165) is 6.42 Å². The van der Waals surface area contributed by atoms with Gasteiger partial charge in [-0.15, -0.1) is 0 Å². The first kappa shape index (κ1) is 13.3. The van der Waals surface area contributed by atoms with Crippen LogP contribution in [0.5, 0.6) is 0 Å². The van der Waals surface area contributed by atoms with Gasteiger partial charge in [0.25, 0.3) is 0 Å². The van der Waals surface area contributed by atoms with Crippen LogP contribution in [-0.2, 0) is 10.0 Å². The minimum absolute atomic E-state index is 0.0600. The van der Waals surface area contributed by atoms with Crippen LogP contribution < -0.4 is 5.43 Å². The van der Waals surface area contributed by atoms with Crippen molar-refractivity contribution in [3.8, 4) is 0 Å². The van der Waals surface area contributed by atoms with Crippen LogP contribution in [0.2, 0.25) is 0 Å². The molecule has 2 rings (SSSR count). The number of aliphatic hydroxyl groups is 1. The Morgan fingerprint density at radius 1 is 1.50 bits per heavy atom. The molecule has 100 valence electrons. The number of nitrogens with one attached hydrogen (secondary N) is 1. The highest BCUT2D eigenvalue weighted by molar-refractivity contribution is 7.89. The predicted molar refractivity (Wildman–Crippen MR) is 65.6 cm³/mol. The largest absolute Gasteiger partial charge is 0.396 e. The fourth-order valence-corrected chi connectivity index (χ4v) is 3.75. The lowest BCUT2D eigenvalue weighted by molar-refractivity contribution is 0.259. The molecule has 1 aliphatic rings. The van der Waals surface area contributed by atoms with Crippen molar-refractivity contribution < 1.29 is 13.5 Å². The maximum atomic E-state index is 12.2. The fourth-order valence-electron chi connectivity index (χ4n) is 2.18. The van der Waals surface area contributed by atoms with Crippen molar-refractivity contribution in [3.05, 3.63) is 28.7 Å². The summed E-state index contributed by atoms with van der Waals surface area (Å²) in [5, 5.41) is 8.85. The number of aromatic nitrogens is 1. The van der Waals surface area contributed by atoms with Gasteiger partial charge < -0.3 is 10.1 Å². The second-order valence-electron chi connectivity index (χ2n) is 4.40. The first-order valence-corrected chi connectivity index (χ1v) is 7.28. The highest BCUT2D eigenvalue weighted by Gasteiger charge is 2.33. The summed E-state index contributed by atoms with van der Waals surface area (Å²) in [4.78, 5) is 14.0. The standard InChI is InChI=1S/C11H16N2O4S/c14-6-3-9-2-5-13(8-9)18(16,17)11-7-12-4-1-10(11)15/h1,4,7,9,14H,2-3,5-6,8H2,(H,12,15). The minimum atomic E-state index is -3.71. The average molecular weight is 272 g/mol. The van der Waals surface area contributed by atoms with E-state index in [1.54, 1.807) is 0 Å². The molecule has 0 aliphatic carbocycles. The molecule has 6 nitrogen and oxygen atoms in total. The van der Waals surface area contributed by atoms with E-state index in [9.17, 15) is 13.2 Å². The van der Waals surface area contributed by atoms with Crippen molar-refractivity contribution in [3.63, 3.8) is 0 Å². The SMILES string of the molecule is O=c1cc[nH]cc1S(=O)(=O)N1CCC(CCO)C1. The van der Waals surface area contributed by atoms with E-state index in [4.69, 9.17) is 5.11 Å². The monoisotopic (exact) mass is 272 g/mol. The van der Waals surface area contributed by atoms with Crippen LogP contribution in [0.4, 0.5) is 0 Å². The van der Waals surface area contributed by atoms with Crippen LogP contribution >= 0.6 is 0 Å². The number of pyridine rings is 1. The molecular formula is C11H16N2O4S. The molecule has 0 saturated carbocycles. The molecule has 7 heteroatoms. The highest BCUT2D eigenvalue weighted by Crippen LogP contribution is 2.24. The number of aromatic amines is 1. The van der Waals surface area contributed by atoms with Gasteiger partial charge in [-0.3, -0.25) is 4.79 Å². The number of hydrogen-bond donors (Lipinski definition) is 2. The third-order valence-electron chi connectivity index (χ3n) is 3.19. The van der Waals surface area contributed by atoms with Gasteiger partial charge in [-0.25, -0.2) is 8.42 Å². The maximum absolute atomic E-state index is 12.2. The summed E-state index contributed by atoms with van der Waals surface area (Å²) in [5.41, 5.74) is -0.501. The second-order valence-corrected chi connectivity index (χ2v) is 6.31. The molecule has 1 saturated heterocycles. The molecule has 1 fully saturated rings. The molecule has 18 heavy (non-hydrogen) atoms. The lowest BCUT2D eigenvalue weighted by atomic mass is 10.1. The van der Waals surface area contributed by atoms with E-state index in [2.05, 4.69) is 4.98 Å². The van der Waals surface area contributed by atoms with Crippen LogP contribution in [0.1, 0.15) is 12.8 Å². The van der Waals surface area contributed by atoms with Crippen LogP contribution in [-0.4, -0.2) is 42.5 Å². The summed E-state index contributed by atoms with van der Waals surface area (Å²) < 4.78 is 25.8. The molecule has 0 aromatic carbocycles. The topological polar surface area (TPSA) is 90.5 Å². The van der Waals surface area contributed by atoms with Crippen molar-refractivity contribution in [2.45, 2.75) is 17.7 Å². The van der Waals surface area contributed by atoms with Crippen LogP contribution in [0.3, 0.4) is 0 Å². The van der Waals surface area contributed by atoms with E-state index in [0.29, 0.717) is 19.5 Å². The maximum Gasteiger partial charge on any atom is 0.248 e. The molecule has 1 aromatic heterocycles. The Labute approximate surface area is 105 Å². The summed E-state index contributed by atoms with van der Waals surface area (Å²) in [6, 6.07) is 1.20. The average Bonchev–Trinajstić information content (AvgIpc) is 2.79. The summed E-state index contributed by atoms with van der Waals surface area (Å²) >= 11 is 0. The number of aliphatic hydroxyl groups excluding tert-OH is 1. The van der Waals surface area contributed by atoms with E-state index in [1.807, 2.05) is 0 Å². The summed E-state index contributed by atoms with van der Waals surface area (Å²) in [6.45, 7) is 0.836. The Kier molecular flexibility index (Phi) is 3.84. The first-order chi connectivity index (χ1) is 8.55. The predicted octanol–water partition coefficient (Wildman–Crippen LogP) is -0.232. The number of rotatable bonds is 4. The molecule has 0 spiro atoms. The Bertz CT molecular complexity index is 566. The van der Waals surface area contributed by atoms with E-state index in [-0.39, 0.29) is 17.4 Å². The molecule has 1 atom stereocenters. The second kappa shape index (κ2) is 5.21. The van der Waals surface area contributed by atoms with Gasteiger partial charge in [0.1, 0.15) is 4.90 Å². The lowest BCUT2D eigenvalue weighted by Gasteiger charge is -2.15. The van der Waals surface area contributed by atoms with Gasteiger partial charge in [-0.2, -0.15) is 4.31 Å². The molecule has 2 heterocycles. The van der Waals surface area contributed by atoms with Crippen molar-refractivity contribution in [2.75, 3.05) is 19.7 Å². The third-order valence-corrected chi connectivity index (χ3v) is 5.08. The van der Waals surface area contributed by atoms with Crippen LogP contribution in [0, 0.1) is 5.92 Å².